The predicted molar refractivity (Wildman–Crippen MR) is 258 cm³/mol. The van der Waals surface area contributed by atoms with Gasteiger partial charge in [0.15, 0.2) is 5.82 Å². The molecule has 0 saturated carbocycles. The standard InChI is InChI=1S/C58H38N2S/c1-4-15-39(16-5-1)42-29-31-43(32-30-42)44-21-12-22-45(33-44)46-23-14-26-49(35-46)58-59-55(57-56(60-58)53-27-10-11-28-54(53)61-57)48-25-13-24-47(34-48)52-37-50(40-17-6-2-7-18-40)36-51(38-52)41-19-8-3-9-20-41/h1-38H. The van der Waals surface area contributed by atoms with E-state index in [-0.39, 0.29) is 0 Å². The van der Waals surface area contributed by atoms with E-state index in [4.69, 9.17) is 9.97 Å². The molecule has 2 aromatic heterocycles. The number of fused-ring (bicyclic) bond motifs is 3. The van der Waals surface area contributed by atoms with Crippen LogP contribution in [0.1, 0.15) is 0 Å². The van der Waals surface area contributed by atoms with E-state index in [2.05, 4.69) is 231 Å². The summed E-state index contributed by atoms with van der Waals surface area (Å²) in [4.78, 5) is 10.8. The Morgan fingerprint density at radius 1 is 0.262 bits per heavy atom. The summed E-state index contributed by atoms with van der Waals surface area (Å²) in [7, 11) is 0. The topological polar surface area (TPSA) is 25.8 Å². The van der Waals surface area contributed by atoms with Crippen molar-refractivity contribution in [2.75, 3.05) is 0 Å². The second-order valence-corrected chi connectivity index (χ2v) is 16.4. The van der Waals surface area contributed by atoms with Crippen LogP contribution in [0.2, 0.25) is 0 Å². The molecule has 0 N–H and O–H groups in total. The first kappa shape index (κ1) is 36.4. The summed E-state index contributed by atoms with van der Waals surface area (Å²) in [6.45, 7) is 0. The number of hydrogen-bond donors (Lipinski definition) is 0. The molecule has 286 valence electrons. The highest BCUT2D eigenvalue weighted by atomic mass is 32.1. The lowest BCUT2D eigenvalue weighted by atomic mass is 9.92. The van der Waals surface area contributed by atoms with Crippen LogP contribution < -0.4 is 0 Å². The smallest absolute Gasteiger partial charge is 0.160 e. The third kappa shape index (κ3) is 7.22. The van der Waals surface area contributed by atoms with Gasteiger partial charge in [-0.25, -0.2) is 9.97 Å². The molecule has 0 aliphatic carbocycles. The minimum atomic E-state index is 0.711. The number of benzene rings is 9. The van der Waals surface area contributed by atoms with Gasteiger partial charge in [0.2, 0.25) is 0 Å². The van der Waals surface area contributed by atoms with Crippen LogP contribution in [0, 0.1) is 0 Å². The Morgan fingerprint density at radius 3 is 1.21 bits per heavy atom. The lowest BCUT2D eigenvalue weighted by molar-refractivity contribution is 1.24. The van der Waals surface area contributed by atoms with Gasteiger partial charge in [-0.15, -0.1) is 11.3 Å². The van der Waals surface area contributed by atoms with Crippen molar-refractivity contribution < 1.29 is 0 Å². The third-order valence-corrected chi connectivity index (χ3v) is 12.6. The molecule has 2 heterocycles. The highest BCUT2D eigenvalue weighted by Crippen LogP contribution is 2.41. The molecule has 0 atom stereocenters. The van der Waals surface area contributed by atoms with Crippen molar-refractivity contribution in [1.82, 2.24) is 9.97 Å². The van der Waals surface area contributed by atoms with Crippen molar-refractivity contribution >= 4 is 31.6 Å². The van der Waals surface area contributed by atoms with Crippen LogP contribution in [0.25, 0.3) is 110 Å². The molecule has 3 heteroatoms. The van der Waals surface area contributed by atoms with Crippen LogP contribution in [0.5, 0.6) is 0 Å². The fourth-order valence-electron chi connectivity index (χ4n) is 8.35. The summed E-state index contributed by atoms with van der Waals surface area (Å²) < 4.78 is 2.29. The monoisotopic (exact) mass is 794 g/mol. The molecule has 0 aliphatic heterocycles. The first-order valence-electron chi connectivity index (χ1n) is 20.6. The van der Waals surface area contributed by atoms with Crippen LogP contribution in [-0.2, 0) is 0 Å². The summed E-state index contributed by atoms with van der Waals surface area (Å²) in [5.41, 5.74) is 18.1. The average Bonchev–Trinajstić information content (AvgIpc) is 3.73. The van der Waals surface area contributed by atoms with E-state index in [0.717, 1.165) is 54.7 Å². The highest BCUT2D eigenvalue weighted by molar-refractivity contribution is 7.26. The minimum absolute atomic E-state index is 0.711. The third-order valence-electron chi connectivity index (χ3n) is 11.5. The number of aromatic nitrogens is 2. The predicted octanol–water partition coefficient (Wildman–Crippen LogP) is 16.2. The van der Waals surface area contributed by atoms with E-state index < -0.39 is 0 Å². The first-order chi connectivity index (χ1) is 30.2. The second kappa shape index (κ2) is 15.8. The Bertz CT molecular complexity index is 3280. The van der Waals surface area contributed by atoms with Crippen molar-refractivity contribution in [1.29, 1.82) is 0 Å². The van der Waals surface area contributed by atoms with Gasteiger partial charge in [0, 0.05) is 21.2 Å². The van der Waals surface area contributed by atoms with E-state index in [9.17, 15) is 0 Å². The normalized spacial score (nSPS) is 11.3. The summed E-state index contributed by atoms with van der Waals surface area (Å²) in [5, 5.41) is 1.15. The van der Waals surface area contributed by atoms with Crippen molar-refractivity contribution in [2.24, 2.45) is 0 Å². The highest BCUT2D eigenvalue weighted by Gasteiger charge is 2.18. The van der Waals surface area contributed by atoms with Gasteiger partial charge in [-0.05, 0) is 109 Å². The molecule has 9 aromatic carbocycles. The number of hydrogen-bond acceptors (Lipinski definition) is 3. The Labute approximate surface area is 359 Å². The fraction of sp³-hybridized carbons (Fsp3) is 0. The molecule has 0 aliphatic rings. The van der Waals surface area contributed by atoms with Crippen molar-refractivity contribution in [3.05, 3.63) is 231 Å². The van der Waals surface area contributed by atoms with Gasteiger partial charge in [0.05, 0.1) is 15.9 Å². The molecule has 2 nitrogen and oxygen atoms in total. The quantitative estimate of drug-likeness (QED) is 0.153. The van der Waals surface area contributed by atoms with Crippen LogP contribution >= 0.6 is 11.3 Å². The zero-order chi connectivity index (χ0) is 40.5. The van der Waals surface area contributed by atoms with Crippen LogP contribution in [0.4, 0.5) is 0 Å². The van der Waals surface area contributed by atoms with Crippen LogP contribution in [0.3, 0.4) is 0 Å². The van der Waals surface area contributed by atoms with E-state index in [1.165, 1.54) is 49.2 Å². The lowest BCUT2D eigenvalue weighted by Crippen LogP contribution is -1.94. The van der Waals surface area contributed by atoms with Gasteiger partial charge in [0.1, 0.15) is 0 Å². The SMILES string of the molecule is c1ccc(-c2ccc(-c3cccc(-c4cccc(-c5nc(-c6cccc(-c7cc(-c8ccccc8)cc(-c8ccccc8)c7)c6)c6sc7ccccc7c6n5)c4)c3)cc2)cc1. The molecule has 0 amide bonds. The van der Waals surface area contributed by atoms with Gasteiger partial charge < -0.3 is 0 Å². The maximum Gasteiger partial charge on any atom is 0.160 e. The van der Waals surface area contributed by atoms with E-state index >= 15 is 0 Å². The summed E-state index contributed by atoms with van der Waals surface area (Å²) in [6.07, 6.45) is 0. The van der Waals surface area contributed by atoms with Gasteiger partial charge in [-0.3, -0.25) is 0 Å². The molecular weight excluding hydrogens is 757 g/mol. The van der Waals surface area contributed by atoms with E-state index in [1.807, 2.05) is 0 Å². The molecule has 0 bridgehead atoms. The van der Waals surface area contributed by atoms with Gasteiger partial charge in [-0.2, -0.15) is 0 Å². The van der Waals surface area contributed by atoms with Crippen molar-refractivity contribution in [3.8, 4) is 89.4 Å². The molecule has 0 radical (unpaired) electrons. The van der Waals surface area contributed by atoms with Crippen LogP contribution in [0.15, 0.2) is 231 Å². The first-order valence-corrected chi connectivity index (χ1v) is 21.4. The van der Waals surface area contributed by atoms with E-state index in [0.29, 0.717) is 5.82 Å². The largest absolute Gasteiger partial charge is 0.226 e. The second-order valence-electron chi connectivity index (χ2n) is 15.4. The van der Waals surface area contributed by atoms with E-state index in [1.54, 1.807) is 11.3 Å². The summed E-state index contributed by atoms with van der Waals surface area (Å²) >= 11 is 1.76. The fourth-order valence-corrected chi connectivity index (χ4v) is 9.51. The number of thiophene rings is 1. The Kier molecular flexibility index (Phi) is 9.42. The Morgan fingerprint density at radius 2 is 0.623 bits per heavy atom. The van der Waals surface area contributed by atoms with Gasteiger partial charge in [-0.1, -0.05) is 188 Å². The Balaban J connectivity index is 1.00. The molecule has 61 heavy (non-hydrogen) atoms. The maximum atomic E-state index is 5.43. The molecule has 0 spiro atoms. The Hall–Kier alpha value is -7.72. The summed E-state index contributed by atoms with van der Waals surface area (Å²) in [5.74, 6) is 0.711. The number of nitrogens with zero attached hydrogens (tertiary/aromatic N) is 2. The molecular formula is C58H38N2S. The minimum Gasteiger partial charge on any atom is -0.226 e. The van der Waals surface area contributed by atoms with Crippen molar-refractivity contribution in [2.45, 2.75) is 0 Å². The zero-order valence-corrected chi connectivity index (χ0v) is 34.1. The number of rotatable bonds is 8. The van der Waals surface area contributed by atoms with Crippen LogP contribution in [-0.4, -0.2) is 9.97 Å². The lowest BCUT2D eigenvalue weighted by Gasteiger charge is -2.13. The van der Waals surface area contributed by atoms with Gasteiger partial charge in [0.25, 0.3) is 0 Å². The summed E-state index contributed by atoms with van der Waals surface area (Å²) in [6, 6.07) is 82.4. The molecule has 0 unspecified atom stereocenters. The molecule has 0 saturated heterocycles. The molecule has 11 rings (SSSR count). The zero-order valence-electron chi connectivity index (χ0n) is 33.2. The van der Waals surface area contributed by atoms with Crippen molar-refractivity contribution in [3.63, 3.8) is 0 Å². The van der Waals surface area contributed by atoms with Gasteiger partial charge >= 0.3 is 0 Å². The maximum absolute atomic E-state index is 5.43. The molecule has 0 fully saturated rings. The molecule has 11 aromatic rings. The average molecular weight is 795 g/mol.